The average Bonchev–Trinajstić information content (AvgIpc) is 2.55. The first-order chi connectivity index (χ1) is 10.7. The zero-order valence-electron chi connectivity index (χ0n) is 12.6. The highest BCUT2D eigenvalue weighted by molar-refractivity contribution is 6.04. The second kappa shape index (κ2) is 7.99. The van der Waals surface area contributed by atoms with E-state index in [0.29, 0.717) is 36.0 Å². The summed E-state index contributed by atoms with van der Waals surface area (Å²) >= 11 is 0. The van der Waals surface area contributed by atoms with Gasteiger partial charge in [-0.2, -0.15) is 0 Å². The Hall–Kier alpha value is -2.60. The Balaban J connectivity index is 2.03. The zero-order chi connectivity index (χ0) is 15.8. The molecule has 1 amide bonds. The number of ether oxygens (including phenoxy) is 2. The third-order valence-corrected chi connectivity index (χ3v) is 2.96. The minimum absolute atomic E-state index is 0.203. The molecule has 0 atom stereocenters. The fourth-order valence-electron chi connectivity index (χ4n) is 1.85. The number of carbonyl (C=O) groups excluding carboxylic acids is 1. The van der Waals surface area contributed by atoms with Crippen LogP contribution in [0.15, 0.2) is 42.6 Å². The topological polar surface area (TPSA) is 72.5 Å². The van der Waals surface area contributed by atoms with Crippen molar-refractivity contribution in [1.29, 1.82) is 0 Å². The lowest BCUT2D eigenvalue weighted by molar-refractivity contribution is 0.102. The van der Waals surface area contributed by atoms with Gasteiger partial charge in [-0.3, -0.25) is 4.79 Å². The van der Waals surface area contributed by atoms with E-state index < -0.39 is 0 Å². The van der Waals surface area contributed by atoms with Crippen LogP contribution in [0.4, 0.5) is 11.5 Å². The standard InChI is InChI=1S/C16H19N3O3/c1-21-9-8-18-15-10-12(6-7-17-15)16(20)19-13-4-3-5-14(11-13)22-2/h3-7,10-11H,8-9H2,1-2H3,(H,17,18)(H,19,20). The van der Waals surface area contributed by atoms with Gasteiger partial charge in [0.15, 0.2) is 0 Å². The van der Waals surface area contributed by atoms with Crippen LogP contribution in [0.1, 0.15) is 10.4 Å². The normalized spacial score (nSPS) is 10.1. The lowest BCUT2D eigenvalue weighted by Crippen LogP contribution is -2.14. The molecule has 1 aromatic heterocycles. The van der Waals surface area contributed by atoms with Gasteiger partial charge in [-0.1, -0.05) is 6.07 Å². The van der Waals surface area contributed by atoms with Crippen molar-refractivity contribution in [2.24, 2.45) is 0 Å². The molecule has 6 nitrogen and oxygen atoms in total. The first-order valence-corrected chi connectivity index (χ1v) is 6.87. The fourth-order valence-corrected chi connectivity index (χ4v) is 1.85. The van der Waals surface area contributed by atoms with Crippen LogP contribution in [0.5, 0.6) is 5.75 Å². The van der Waals surface area contributed by atoms with Gasteiger partial charge in [-0.05, 0) is 24.3 Å². The summed E-state index contributed by atoms with van der Waals surface area (Å²) in [5.74, 6) is 1.12. The van der Waals surface area contributed by atoms with E-state index in [2.05, 4.69) is 15.6 Å². The number of aromatic nitrogens is 1. The van der Waals surface area contributed by atoms with Gasteiger partial charge in [0.1, 0.15) is 11.6 Å². The number of amides is 1. The molecule has 2 rings (SSSR count). The molecule has 0 unspecified atom stereocenters. The number of hydrogen-bond donors (Lipinski definition) is 2. The maximum absolute atomic E-state index is 12.3. The van der Waals surface area contributed by atoms with Gasteiger partial charge < -0.3 is 20.1 Å². The zero-order valence-corrected chi connectivity index (χ0v) is 12.6. The van der Waals surface area contributed by atoms with Gasteiger partial charge in [-0.25, -0.2) is 4.98 Å². The molecule has 0 saturated carbocycles. The molecule has 0 aliphatic heterocycles. The first kappa shape index (κ1) is 15.8. The van der Waals surface area contributed by atoms with Crippen LogP contribution in [0.25, 0.3) is 0 Å². The Labute approximate surface area is 129 Å². The van der Waals surface area contributed by atoms with Gasteiger partial charge in [0.05, 0.1) is 13.7 Å². The van der Waals surface area contributed by atoms with Crippen LogP contribution >= 0.6 is 0 Å². The third kappa shape index (κ3) is 4.46. The van der Waals surface area contributed by atoms with E-state index in [1.807, 2.05) is 12.1 Å². The molecule has 0 aliphatic carbocycles. The second-order valence-electron chi connectivity index (χ2n) is 4.54. The van der Waals surface area contributed by atoms with Gasteiger partial charge in [-0.15, -0.1) is 0 Å². The van der Waals surface area contributed by atoms with Crippen molar-refractivity contribution in [2.75, 3.05) is 38.0 Å². The van der Waals surface area contributed by atoms with Gasteiger partial charge in [0.2, 0.25) is 0 Å². The van der Waals surface area contributed by atoms with Crippen LogP contribution in [0.3, 0.4) is 0 Å². The smallest absolute Gasteiger partial charge is 0.255 e. The molecule has 0 radical (unpaired) electrons. The van der Waals surface area contributed by atoms with Crippen LogP contribution in [-0.2, 0) is 4.74 Å². The molecule has 6 heteroatoms. The quantitative estimate of drug-likeness (QED) is 0.768. The number of nitrogens with one attached hydrogen (secondary N) is 2. The molecule has 1 aromatic carbocycles. The molecule has 116 valence electrons. The number of benzene rings is 1. The predicted molar refractivity (Wildman–Crippen MR) is 85.5 cm³/mol. The highest BCUT2D eigenvalue weighted by Gasteiger charge is 2.08. The molecule has 22 heavy (non-hydrogen) atoms. The Morgan fingerprint density at radius 2 is 2.09 bits per heavy atom. The molecule has 0 saturated heterocycles. The van der Waals surface area contributed by atoms with Crippen LogP contribution in [0.2, 0.25) is 0 Å². The Morgan fingerprint density at radius 1 is 1.23 bits per heavy atom. The highest BCUT2D eigenvalue weighted by atomic mass is 16.5. The molecule has 2 N–H and O–H groups in total. The number of carbonyl (C=O) groups is 1. The van der Waals surface area contributed by atoms with E-state index in [1.54, 1.807) is 44.7 Å². The van der Waals surface area contributed by atoms with Crippen molar-refractivity contribution in [3.63, 3.8) is 0 Å². The molecule has 2 aromatic rings. The summed E-state index contributed by atoms with van der Waals surface area (Å²) in [6.45, 7) is 1.20. The van der Waals surface area contributed by atoms with Crippen molar-refractivity contribution >= 4 is 17.4 Å². The molecule has 0 aliphatic rings. The summed E-state index contributed by atoms with van der Waals surface area (Å²) in [5, 5.41) is 5.92. The number of anilines is 2. The molecule has 1 heterocycles. The van der Waals surface area contributed by atoms with Crippen LogP contribution in [-0.4, -0.2) is 38.3 Å². The SMILES string of the molecule is COCCNc1cc(C(=O)Nc2cccc(OC)c2)ccn1. The molecule has 0 spiro atoms. The van der Waals surface area contributed by atoms with E-state index in [9.17, 15) is 4.79 Å². The van der Waals surface area contributed by atoms with E-state index in [-0.39, 0.29) is 5.91 Å². The van der Waals surface area contributed by atoms with Crippen molar-refractivity contribution in [3.05, 3.63) is 48.2 Å². The number of rotatable bonds is 7. The van der Waals surface area contributed by atoms with Gasteiger partial charge >= 0.3 is 0 Å². The Bertz CT molecular complexity index is 632. The summed E-state index contributed by atoms with van der Waals surface area (Å²) in [6, 6.07) is 10.6. The minimum Gasteiger partial charge on any atom is -0.497 e. The molecular formula is C16H19N3O3. The fraction of sp³-hybridized carbons (Fsp3) is 0.250. The molecular weight excluding hydrogens is 282 g/mol. The summed E-state index contributed by atoms with van der Waals surface area (Å²) in [5.41, 5.74) is 1.20. The van der Waals surface area contributed by atoms with Crippen LogP contribution in [0, 0.1) is 0 Å². The number of pyridine rings is 1. The Kier molecular flexibility index (Phi) is 5.73. The largest absolute Gasteiger partial charge is 0.497 e. The second-order valence-corrected chi connectivity index (χ2v) is 4.54. The van der Waals surface area contributed by atoms with Crippen molar-refractivity contribution in [1.82, 2.24) is 4.98 Å². The summed E-state index contributed by atoms with van der Waals surface area (Å²) < 4.78 is 10.1. The van der Waals surface area contributed by atoms with Crippen molar-refractivity contribution in [3.8, 4) is 5.75 Å². The number of nitrogens with zero attached hydrogens (tertiary/aromatic N) is 1. The van der Waals surface area contributed by atoms with Crippen LogP contribution < -0.4 is 15.4 Å². The van der Waals surface area contributed by atoms with E-state index in [0.717, 1.165) is 0 Å². The Morgan fingerprint density at radius 3 is 2.86 bits per heavy atom. The van der Waals surface area contributed by atoms with Crippen molar-refractivity contribution in [2.45, 2.75) is 0 Å². The number of methoxy groups -OCH3 is 2. The summed E-state index contributed by atoms with van der Waals surface area (Å²) in [6.07, 6.45) is 1.59. The highest BCUT2D eigenvalue weighted by Crippen LogP contribution is 2.18. The lowest BCUT2D eigenvalue weighted by atomic mass is 10.2. The van der Waals surface area contributed by atoms with E-state index in [1.165, 1.54) is 0 Å². The van der Waals surface area contributed by atoms with E-state index >= 15 is 0 Å². The van der Waals surface area contributed by atoms with E-state index in [4.69, 9.17) is 9.47 Å². The first-order valence-electron chi connectivity index (χ1n) is 6.87. The maximum atomic E-state index is 12.3. The lowest BCUT2D eigenvalue weighted by Gasteiger charge is -2.09. The number of hydrogen-bond acceptors (Lipinski definition) is 5. The molecule has 0 bridgehead atoms. The minimum atomic E-state index is -0.203. The third-order valence-electron chi connectivity index (χ3n) is 2.96. The average molecular weight is 301 g/mol. The summed E-state index contributed by atoms with van der Waals surface area (Å²) in [4.78, 5) is 16.4. The predicted octanol–water partition coefficient (Wildman–Crippen LogP) is 2.40. The van der Waals surface area contributed by atoms with Gasteiger partial charge in [0, 0.05) is 37.2 Å². The monoisotopic (exact) mass is 301 g/mol. The molecule has 0 fully saturated rings. The van der Waals surface area contributed by atoms with Gasteiger partial charge in [0.25, 0.3) is 5.91 Å². The maximum Gasteiger partial charge on any atom is 0.255 e. The van der Waals surface area contributed by atoms with Crippen molar-refractivity contribution < 1.29 is 14.3 Å². The summed E-state index contributed by atoms with van der Waals surface area (Å²) in [7, 11) is 3.22.